The molecule has 2 rings (SSSR count). The highest BCUT2D eigenvalue weighted by molar-refractivity contribution is 9.10. The van der Waals surface area contributed by atoms with E-state index in [1.807, 2.05) is 11.8 Å². The topological polar surface area (TPSA) is 12.0 Å². The van der Waals surface area contributed by atoms with E-state index in [1.165, 1.54) is 46.4 Å². The second kappa shape index (κ2) is 6.97. The molecule has 1 aliphatic rings. The van der Waals surface area contributed by atoms with Gasteiger partial charge in [0.2, 0.25) is 0 Å². The molecule has 1 aliphatic carbocycles. The molecule has 0 bridgehead atoms. The summed E-state index contributed by atoms with van der Waals surface area (Å²) in [5, 5.41) is 3.79. The summed E-state index contributed by atoms with van der Waals surface area (Å²) < 4.78 is 1.28. The number of hydrogen-bond acceptors (Lipinski definition) is 2. The summed E-state index contributed by atoms with van der Waals surface area (Å²) in [4.78, 5) is 0. The van der Waals surface area contributed by atoms with E-state index in [-0.39, 0.29) is 0 Å². The maximum absolute atomic E-state index is 3.79. The molecule has 0 saturated heterocycles. The van der Waals surface area contributed by atoms with Crippen molar-refractivity contribution in [2.24, 2.45) is 0 Å². The number of thioether (sulfide) groups is 1. The van der Waals surface area contributed by atoms with Crippen LogP contribution < -0.4 is 5.32 Å². The Morgan fingerprint density at radius 2 is 2.33 bits per heavy atom. The van der Waals surface area contributed by atoms with Gasteiger partial charge in [0.25, 0.3) is 0 Å². The summed E-state index contributed by atoms with van der Waals surface area (Å²) in [6.45, 7) is 4.54. The molecule has 1 aromatic carbocycles. The van der Waals surface area contributed by atoms with Gasteiger partial charge in [-0.2, -0.15) is 11.8 Å². The Kier molecular flexibility index (Phi) is 5.58. The van der Waals surface area contributed by atoms with Crippen LogP contribution >= 0.6 is 27.7 Å². The predicted octanol–water partition coefficient (Wildman–Crippen LogP) is 4.56. The second-order valence-electron chi connectivity index (χ2n) is 4.95. The minimum absolute atomic E-state index is 0.555. The first-order valence-corrected chi connectivity index (χ1v) is 8.78. The fourth-order valence-electron chi connectivity index (χ4n) is 2.61. The van der Waals surface area contributed by atoms with E-state index in [0.29, 0.717) is 12.1 Å². The van der Waals surface area contributed by atoms with Gasteiger partial charge in [0, 0.05) is 16.6 Å². The van der Waals surface area contributed by atoms with Crippen molar-refractivity contribution in [2.45, 2.75) is 45.2 Å². The minimum Gasteiger partial charge on any atom is -0.307 e. The summed E-state index contributed by atoms with van der Waals surface area (Å²) in [6.07, 6.45) is 3.70. The molecule has 1 N–H and O–H groups in total. The highest BCUT2D eigenvalue weighted by Gasteiger charge is 2.24. The molecule has 1 aromatic rings. The van der Waals surface area contributed by atoms with Gasteiger partial charge in [-0.15, -0.1) is 0 Å². The van der Waals surface area contributed by atoms with Crippen molar-refractivity contribution in [3.8, 4) is 0 Å². The lowest BCUT2D eigenvalue weighted by Crippen LogP contribution is -2.29. The van der Waals surface area contributed by atoms with E-state index in [0.717, 1.165) is 0 Å². The van der Waals surface area contributed by atoms with E-state index < -0.39 is 0 Å². The van der Waals surface area contributed by atoms with Crippen molar-refractivity contribution in [1.82, 2.24) is 5.32 Å². The molecule has 0 aromatic heterocycles. The molecule has 0 heterocycles. The SMILES string of the molecule is CCSCCC(C)NC1CCc2c(Br)cccc21. The molecular formula is C15H22BrNS. The number of benzene rings is 1. The predicted molar refractivity (Wildman–Crippen MR) is 85.4 cm³/mol. The van der Waals surface area contributed by atoms with Crippen LogP contribution in [0.4, 0.5) is 0 Å². The van der Waals surface area contributed by atoms with Gasteiger partial charge in [0.05, 0.1) is 0 Å². The average molecular weight is 328 g/mol. The normalized spacial score (nSPS) is 19.8. The molecule has 0 aliphatic heterocycles. The number of rotatable bonds is 6. The molecule has 0 amide bonds. The van der Waals surface area contributed by atoms with Gasteiger partial charge >= 0.3 is 0 Å². The standard InChI is InChI=1S/C15H22BrNS/c1-3-18-10-9-11(2)17-15-8-7-12-13(15)5-4-6-14(12)16/h4-6,11,15,17H,3,7-10H2,1-2H3. The monoisotopic (exact) mass is 327 g/mol. The van der Waals surface area contributed by atoms with Crippen molar-refractivity contribution in [2.75, 3.05) is 11.5 Å². The van der Waals surface area contributed by atoms with Crippen molar-refractivity contribution >= 4 is 27.7 Å². The zero-order chi connectivity index (χ0) is 13.0. The molecule has 100 valence electrons. The van der Waals surface area contributed by atoms with Crippen LogP contribution in [0, 0.1) is 0 Å². The van der Waals surface area contributed by atoms with Crippen molar-refractivity contribution < 1.29 is 0 Å². The summed E-state index contributed by atoms with van der Waals surface area (Å²) in [6, 6.07) is 7.75. The third kappa shape index (κ3) is 3.52. The van der Waals surface area contributed by atoms with Crippen LogP contribution in [0.25, 0.3) is 0 Å². The number of nitrogens with one attached hydrogen (secondary N) is 1. The largest absolute Gasteiger partial charge is 0.307 e. The Labute approximate surface area is 123 Å². The zero-order valence-corrected chi connectivity index (χ0v) is 13.6. The van der Waals surface area contributed by atoms with Crippen LogP contribution in [-0.4, -0.2) is 17.5 Å². The molecule has 0 fully saturated rings. The van der Waals surface area contributed by atoms with Crippen molar-refractivity contribution in [3.63, 3.8) is 0 Å². The van der Waals surface area contributed by atoms with Crippen LogP contribution in [0.2, 0.25) is 0 Å². The highest BCUT2D eigenvalue weighted by atomic mass is 79.9. The average Bonchev–Trinajstić information content (AvgIpc) is 2.74. The van der Waals surface area contributed by atoms with Gasteiger partial charge in [0.15, 0.2) is 0 Å². The van der Waals surface area contributed by atoms with Crippen LogP contribution in [0.5, 0.6) is 0 Å². The van der Waals surface area contributed by atoms with E-state index >= 15 is 0 Å². The van der Waals surface area contributed by atoms with Gasteiger partial charge in [-0.3, -0.25) is 0 Å². The minimum atomic E-state index is 0.555. The van der Waals surface area contributed by atoms with Gasteiger partial charge < -0.3 is 5.32 Å². The summed E-state index contributed by atoms with van der Waals surface area (Å²) in [7, 11) is 0. The third-order valence-electron chi connectivity index (χ3n) is 3.60. The lowest BCUT2D eigenvalue weighted by molar-refractivity contribution is 0.446. The van der Waals surface area contributed by atoms with Gasteiger partial charge in [-0.05, 0) is 54.9 Å². The van der Waals surface area contributed by atoms with Crippen LogP contribution in [-0.2, 0) is 6.42 Å². The third-order valence-corrected chi connectivity index (χ3v) is 5.27. The molecule has 1 nitrogen and oxygen atoms in total. The maximum atomic E-state index is 3.79. The Balaban J connectivity index is 1.91. The van der Waals surface area contributed by atoms with E-state index in [2.05, 4.69) is 53.3 Å². The lowest BCUT2D eigenvalue weighted by atomic mass is 10.1. The van der Waals surface area contributed by atoms with E-state index in [9.17, 15) is 0 Å². The van der Waals surface area contributed by atoms with Crippen molar-refractivity contribution in [1.29, 1.82) is 0 Å². The fourth-order valence-corrected chi connectivity index (χ4v) is 4.00. The summed E-state index contributed by atoms with van der Waals surface area (Å²) in [5.74, 6) is 2.49. The Morgan fingerprint density at radius 1 is 1.50 bits per heavy atom. The Bertz CT molecular complexity index is 394. The Morgan fingerprint density at radius 3 is 3.11 bits per heavy atom. The molecule has 0 radical (unpaired) electrons. The maximum Gasteiger partial charge on any atom is 0.0328 e. The molecule has 2 atom stereocenters. The molecule has 0 saturated carbocycles. The van der Waals surface area contributed by atoms with Crippen molar-refractivity contribution in [3.05, 3.63) is 33.8 Å². The van der Waals surface area contributed by atoms with Crippen LogP contribution in [0.1, 0.15) is 43.9 Å². The van der Waals surface area contributed by atoms with E-state index in [4.69, 9.17) is 0 Å². The zero-order valence-electron chi connectivity index (χ0n) is 11.2. The van der Waals surface area contributed by atoms with Gasteiger partial charge in [-0.1, -0.05) is 35.0 Å². The molecular weight excluding hydrogens is 306 g/mol. The molecule has 0 spiro atoms. The lowest BCUT2D eigenvalue weighted by Gasteiger charge is -2.20. The molecule has 2 unspecified atom stereocenters. The Hall–Kier alpha value is 0.0100. The van der Waals surface area contributed by atoms with Gasteiger partial charge in [0.1, 0.15) is 0 Å². The van der Waals surface area contributed by atoms with Crippen LogP contribution in [0.3, 0.4) is 0 Å². The molecule has 18 heavy (non-hydrogen) atoms. The molecule has 3 heteroatoms. The quantitative estimate of drug-likeness (QED) is 0.769. The first-order valence-electron chi connectivity index (χ1n) is 6.83. The first kappa shape index (κ1) is 14.4. The second-order valence-corrected chi connectivity index (χ2v) is 7.20. The number of halogens is 1. The smallest absolute Gasteiger partial charge is 0.0328 e. The summed E-state index contributed by atoms with van der Waals surface area (Å²) >= 11 is 5.70. The van der Waals surface area contributed by atoms with E-state index in [1.54, 1.807) is 0 Å². The highest BCUT2D eigenvalue weighted by Crippen LogP contribution is 2.35. The number of hydrogen-bond donors (Lipinski definition) is 1. The number of fused-ring (bicyclic) bond motifs is 1. The first-order chi connectivity index (χ1) is 8.72. The van der Waals surface area contributed by atoms with Gasteiger partial charge in [-0.25, -0.2) is 0 Å². The van der Waals surface area contributed by atoms with Crippen LogP contribution in [0.15, 0.2) is 22.7 Å². The fraction of sp³-hybridized carbons (Fsp3) is 0.600. The summed E-state index contributed by atoms with van der Waals surface area (Å²) in [5.41, 5.74) is 3.00.